The first kappa shape index (κ1) is 28.0. The minimum absolute atomic E-state index is 0.105. The largest absolute Gasteiger partial charge is 0.486 e. The summed E-state index contributed by atoms with van der Waals surface area (Å²) in [5.41, 5.74) is 5.99. The molecule has 3 aromatic heterocycles. The molecular weight excluding hydrogens is 550 g/mol. The highest BCUT2D eigenvalue weighted by atomic mass is 16.6. The van der Waals surface area contributed by atoms with Gasteiger partial charge in [0.05, 0.1) is 18.7 Å². The number of benzene rings is 2. The van der Waals surface area contributed by atoms with E-state index in [4.69, 9.17) is 23.9 Å². The summed E-state index contributed by atoms with van der Waals surface area (Å²) in [6, 6.07) is 21.6. The maximum Gasteiger partial charge on any atom is 0.410 e. The van der Waals surface area contributed by atoms with Crippen molar-refractivity contribution in [1.29, 1.82) is 0 Å². The molecule has 1 aliphatic rings. The molecule has 0 saturated carbocycles. The number of hydrogen-bond donors (Lipinski definition) is 1. The molecule has 0 atom stereocenters. The number of carbonyl (C=O) groups is 1. The van der Waals surface area contributed by atoms with Crippen LogP contribution in [0.15, 0.2) is 66.7 Å². The molecule has 4 heterocycles. The fraction of sp³-hybridized carbons (Fsp3) is 0.290. The van der Waals surface area contributed by atoms with Gasteiger partial charge in [0.2, 0.25) is 11.7 Å². The Labute approximate surface area is 248 Å². The monoisotopic (exact) mass is 581 g/mol. The van der Waals surface area contributed by atoms with Gasteiger partial charge in [-0.15, -0.1) is 10.2 Å². The highest BCUT2D eigenvalue weighted by Crippen LogP contribution is 2.32. The van der Waals surface area contributed by atoms with E-state index in [9.17, 15) is 4.79 Å². The molecule has 0 radical (unpaired) electrons. The number of carbonyl (C=O) groups excluding carboxylic acids is 1. The highest BCUT2D eigenvalue weighted by Gasteiger charge is 2.18. The van der Waals surface area contributed by atoms with E-state index in [1.807, 2.05) is 67.6 Å². The maximum absolute atomic E-state index is 12.2. The van der Waals surface area contributed by atoms with Gasteiger partial charge < -0.3 is 23.8 Å². The first-order valence-electron chi connectivity index (χ1n) is 14.2. The van der Waals surface area contributed by atoms with Crippen molar-refractivity contribution in [3.8, 4) is 34.1 Å². The third-order valence-corrected chi connectivity index (χ3v) is 6.98. The quantitative estimate of drug-likeness (QED) is 0.235. The molecule has 0 unspecified atom stereocenters. The van der Waals surface area contributed by atoms with Gasteiger partial charge in [0.1, 0.15) is 31.1 Å². The van der Waals surface area contributed by atoms with Crippen LogP contribution >= 0.6 is 0 Å². The van der Waals surface area contributed by atoms with Crippen molar-refractivity contribution in [1.82, 2.24) is 35.5 Å². The van der Waals surface area contributed by atoms with Gasteiger partial charge in [-0.05, 0) is 40.5 Å². The summed E-state index contributed by atoms with van der Waals surface area (Å²) in [5, 5.41) is 14.7. The van der Waals surface area contributed by atoms with E-state index in [-0.39, 0.29) is 25.9 Å². The highest BCUT2D eigenvalue weighted by molar-refractivity contribution is 5.82. The molecule has 0 bridgehead atoms. The molecule has 1 fully saturated rings. The van der Waals surface area contributed by atoms with E-state index in [2.05, 4.69) is 25.6 Å². The van der Waals surface area contributed by atoms with Gasteiger partial charge in [-0.2, -0.15) is 5.21 Å². The molecule has 1 saturated heterocycles. The fourth-order valence-corrected chi connectivity index (χ4v) is 4.77. The Bertz CT molecular complexity index is 1680. The maximum atomic E-state index is 12.2. The van der Waals surface area contributed by atoms with E-state index in [0.29, 0.717) is 54.8 Å². The summed E-state index contributed by atoms with van der Waals surface area (Å²) < 4.78 is 22.7. The summed E-state index contributed by atoms with van der Waals surface area (Å²) in [6.45, 7) is 4.68. The van der Waals surface area contributed by atoms with Crippen LogP contribution < -0.4 is 9.47 Å². The average Bonchev–Trinajstić information content (AvgIpc) is 3.61. The second-order valence-corrected chi connectivity index (χ2v) is 9.81. The molecule has 12 nitrogen and oxygen atoms in total. The number of aromatic nitrogens is 6. The van der Waals surface area contributed by atoms with E-state index in [1.54, 1.807) is 11.0 Å². The fourth-order valence-electron chi connectivity index (χ4n) is 4.77. The molecule has 220 valence electrons. The van der Waals surface area contributed by atoms with Gasteiger partial charge in [0.15, 0.2) is 0 Å². The third-order valence-electron chi connectivity index (χ3n) is 6.98. The number of ether oxygens (including phenoxy) is 4. The zero-order chi connectivity index (χ0) is 29.4. The van der Waals surface area contributed by atoms with Crippen molar-refractivity contribution in [2.45, 2.75) is 20.0 Å². The first-order chi connectivity index (χ1) is 21.2. The average molecular weight is 582 g/mol. The van der Waals surface area contributed by atoms with Crippen molar-refractivity contribution in [3.05, 3.63) is 78.0 Å². The van der Waals surface area contributed by atoms with Gasteiger partial charge in [-0.3, -0.25) is 4.98 Å². The Balaban J connectivity index is 1.18. The lowest BCUT2D eigenvalue weighted by Gasteiger charge is -2.25. The van der Waals surface area contributed by atoms with Crippen molar-refractivity contribution in [3.63, 3.8) is 0 Å². The summed E-state index contributed by atoms with van der Waals surface area (Å²) in [7, 11) is 0. The van der Waals surface area contributed by atoms with Crippen LogP contribution in [0, 0.1) is 0 Å². The van der Waals surface area contributed by atoms with Crippen LogP contribution in [0.3, 0.4) is 0 Å². The molecular formula is C31H31N7O5. The van der Waals surface area contributed by atoms with Gasteiger partial charge in [-0.1, -0.05) is 49.4 Å². The minimum Gasteiger partial charge on any atom is -0.486 e. The number of nitrogens with zero attached hydrogens (tertiary/aromatic N) is 6. The van der Waals surface area contributed by atoms with Crippen LogP contribution in [0.2, 0.25) is 0 Å². The first-order valence-corrected chi connectivity index (χ1v) is 14.2. The number of aryl methyl sites for hydroxylation is 1. The predicted octanol–water partition coefficient (Wildman–Crippen LogP) is 4.47. The summed E-state index contributed by atoms with van der Waals surface area (Å²) in [6.07, 6.45) is 0.372. The smallest absolute Gasteiger partial charge is 0.410 e. The van der Waals surface area contributed by atoms with E-state index in [1.165, 1.54) is 0 Å². The molecule has 1 amide bonds. The van der Waals surface area contributed by atoms with Gasteiger partial charge in [0.25, 0.3) is 0 Å². The van der Waals surface area contributed by atoms with Crippen molar-refractivity contribution >= 4 is 17.1 Å². The zero-order valence-electron chi connectivity index (χ0n) is 23.7. The number of nitrogens with one attached hydrogen (secondary N) is 1. The minimum atomic E-state index is -0.371. The van der Waals surface area contributed by atoms with Crippen molar-refractivity contribution in [2.24, 2.45) is 0 Å². The number of aromatic amines is 1. The SMILES string of the molecule is CCc1cc(OCc2ccc(-c3ccccc3)c(-c3nn[nH]n3)c2)c2nc(OCCOC(=O)N3CCOCC3)ccc2n1. The number of rotatable bonds is 10. The van der Waals surface area contributed by atoms with Crippen molar-refractivity contribution < 1.29 is 23.7 Å². The Kier molecular flexibility index (Phi) is 8.64. The summed E-state index contributed by atoms with van der Waals surface area (Å²) >= 11 is 0. The predicted molar refractivity (Wildman–Crippen MR) is 158 cm³/mol. The number of fused-ring (bicyclic) bond motifs is 1. The van der Waals surface area contributed by atoms with E-state index >= 15 is 0 Å². The number of pyridine rings is 2. The molecule has 2 aromatic carbocycles. The number of morpholine rings is 1. The van der Waals surface area contributed by atoms with E-state index < -0.39 is 0 Å². The summed E-state index contributed by atoms with van der Waals surface area (Å²) in [5.74, 6) is 1.49. The van der Waals surface area contributed by atoms with Crippen LogP contribution in [0.4, 0.5) is 4.79 Å². The van der Waals surface area contributed by atoms with E-state index in [0.717, 1.165) is 34.4 Å². The van der Waals surface area contributed by atoms with Crippen LogP contribution in [-0.2, 0) is 22.5 Å². The lowest BCUT2D eigenvalue weighted by molar-refractivity contribution is 0.0238. The standard InChI is InChI=1S/C31H31N7O5/c1-2-23-19-27(29-26(32-23)10-11-28(33-29)41-16-17-42-31(39)38-12-14-40-15-13-38)43-20-21-8-9-24(22-6-4-3-5-7-22)25(18-21)30-34-36-37-35-30/h3-11,18-19H,2,12-17,20H2,1H3,(H,34,35,36,37). The molecule has 12 heteroatoms. The Morgan fingerprint density at radius 2 is 1.81 bits per heavy atom. The molecule has 43 heavy (non-hydrogen) atoms. The molecule has 1 aliphatic heterocycles. The van der Waals surface area contributed by atoms with Crippen LogP contribution in [0.5, 0.6) is 11.6 Å². The number of hydrogen-bond acceptors (Lipinski definition) is 10. The van der Waals surface area contributed by atoms with Gasteiger partial charge in [0, 0.05) is 36.5 Å². The second kappa shape index (κ2) is 13.3. The Morgan fingerprint density at radius 3 is 2.60 bits per heavy atom. The van der Waals surface area contributed by atoms with Gasteiger partial charge >= 0.3 is 6.09 Å². The molecule has 5 aromatic rings. The molecule has 0 aliphatic carbocycles. The Morgan fingerprint density at radius 1 is 0.953 bits per heavy atom. The normalized spacial score (nSPS) is 13.2. The topological polar surface area (TPSA) is 137 Å². The number of H-pyrrole nitrogens is 1. The Hall–Kier alpha value is -5.10. The molecule has 1 N–H and O–H groups in total. The number of amides is 1. The van der Waals surface area contributed by atoms with Crippen LogP contribution in [0.25, 0.3) is 33.5 Å². The lowest BCUT2D eigenvalue weighted by atomic mass is 9.97. The number of tetrazole rings is 1. The van der Waals surface area contributed by atoms with Gasteiger partial charge in [-0.25, -0.2) is 9.78 Å². The summed E-state index contributed by atoms with van der Waals surface area (Å²) in [4.78, 5) is 23.2. The lowest BCUT2D eigenvalue weighted by Crippen LogP contribution is -2.41. The third kappa shape index (κ3) is 6.70. The second-order valence-electron chi connectivity index (χ2n) is 9.81. The van der Waals surface area contributed by atoms with Crippen molar-refractivity contribution in [2.75, 3.05) is 39.5 Å². The van der Waals surface area contributed by atoms with Crippen LogP contribution in [-0.4, -0.2) is 81.1 Å². The molecule has 0 spiro atoms. The zero-order valence-corrected chi connectivity index (χ0v) is 23.7. The molecule has 6 rings (SSSR count). The van der Waals surface area contributed by atoms with Crippen LogP contribution in [0.1, 0.15) is 18.2 Å².